The molecule has 0 radical (unpaired) electrons. The summed E-state index contributed by atoms with van der Waals surface area (Å²) in [5.74, 6) is -0.808. The molecule has 2 fully saturated rings. The van der Waals surface area contributed by atoms with Crippen molar-refractivity contribution >= 4 is 23.2 Å². The second-order valence-corrected chi connectivity index (χ2v) is 8.44. The Morgan fingerprint density at radius 2 is 1.64 bits per heavy atom. The second kappa shape index (κ2) is 8.50. The molecule has 5 nitrogen and oxygen atoms in total. The van der Waals surface area contributed by atoms with E-state index >= 15 is 0 Å². The van der Waals surface area contributed by atoms with Crippen molar-refractivity contribution in [3.8, 4) is 6.07 Å². The van der Waals surface area contributed by atoms with Crippen LogP contribution in [0.3, 0.4) is 0 Å². The lowest BCUT2D eigenvalue weighted by Gasteiger charge is -2.32. The molecule has 1 saturated heterocycles. The number of amides is 2. The Bertz CT molecular complexity index is 1160. The van der Waals surface area contributed by atoms with Crippen LogP contribution in [-0.4, -0.2) is 23.9 Å². The average Bonchev–Trinajstić information content (AvgIpc) is 3.05. The molecule has 2 aromatic carbocycles. The lowest BCUT2D eigenvalue weighted by atomic mass is 9.89. The van der Waals surface area contributed by atoms with Crippen LogP contribution in [0.5, 0.6) is 0 Å². The zero-order valence-corrected chi connectivity index (χ0v) is 17.8. The number of nitrogens with zero attached hydrogens (tertiary/aromatic N) is 3. The molecule has 4 rings (SSSR count). The zero-order chi connectivity index (χ0) is 23.9. The highest BCUT2D eigenvalue weighted by atomic mass is 19.4. The summed E-state index contributed by atoms with van der Waals surface area (Å²) in [7, 11) is 0. The number of carbonyl (C=O) groups is 2. The van der Waals surface area contributed by atoms with Crippen molar-refractivity contribution in [2.75, 3.05) is 9.80 Å². The van der Waals surface area contributed by atoms with Gasteiger partial charge in [0.05, 0.1) is 29.3 Å². The molecule has 1 aliphatic carbocycles. The van der Waals surface area contributed by atoms with Gasteiger partial charge in [-0.05, 0) is 55.7 Å². The number of carbonyl (C=O) groups excluding carboxylic acids is 2. The standard InChI is InChI=1S/C24H21F4N3O2/c1-14(32)10-15-6-8-18(12-20(15)25)31-22-5-3-2-4-21(22)30(23(31)33)17-9-7-16(13-29)19(11-17)24(26,27)28/h6-9,11-12,21-22H,2-5,10H2,1H3/t21-,22-/m1/s1. The molecule has 2 atom stereocenters. The number of Topliss-reactive ketones (excluding diaryl/α,β-unsaturated/α-hetero) is 1. The SMILES string of the molecule is CC(=O)Cc1ccc(N2C(=O)N(c3ccc(C#N)c(C(F)(F)F)c3)[C@@H]3CCCC[C@H]32)cc1F. The lowest BCUT2D eigenvalue weighted by molar-refractivity contribution is -0.137. The maximum absolute atomic E-state index is 14.6. The first kappa shape index (κ1) is 22.8. The Balaban J connectivity index is 1.75. The molecule has 0 spiro atoms. The van der Waals surface area contributed by atoms with E-state index in [0.29, 0.717) is 18.5 Å². The number of halogens is 4. The maximum Gasteiger partial charge on any atom is 0.417 e. The van der Waals surface area contributed by atoms with Gasteiger partial charge in [-0.2, -0.15) is 18.4 Å². The highest BCUT2D eigenvalue weighted by Crippen LogP contribution is 2.42. The second-order valence-electron chi connectivity index (χ2n) is 8.44. The number of ketones is 1. The van der Waals surface area contributed by atoms with Gasteiger partial charge in [0.15, 0.2) is 0 Å². The summed E-state index contributed by atoms with van der Waals surface area (Å²) in [5.41, 5.74) is -1.04. The van der Waals surface area contributed by atoms with Crippen LogP contribution >= 0.6 is 0 Å². The fourth-order valence-corrected chi connectivity index (χ4v) is 4.81. The van der Waals surface area contributed by atoms with Gasteiger partial charge in [0.2, 0.25) is 0 Å². The molecule has 0 aromatic heterocycles. The molecule has 0 unspecified atom stereocenters. The third-order valence-corrected chi connectivity index (χ3v) is 6.23. The van der Waals surface area contributed by atoms with Gasteiger partial charge in [0.1, 0.15) is 11.6 Å². The molecule has 1 saturated carbocycles. The van der Waals surface area contributed by atoms with Crippen LogP contribution in [0.15, 0.2) is 36.4 Å². The summed E-state index contributed by atoms with van der Waals surface area (Å²) < 4.78 is 55.2. The molecule has 1 aliphatic heterocycles. The first-order valence-electron chi connectivity index (χ1n) is 10.6. The summed E-state index contributed by atoms with van der Waals surface area (Å²) in [6.45, 7) is 1.36. The monoisotopic (exact) mass is 459 g/mol. The van der Waals surface area contributed by atoms with Gasteiger partial charge in [0, 0.05) is 17.8 Å². The number of benzene rings is 2. The van der Waals surface area contributed by atoms with E-state index in [2.05, 4.69) is 0 Å². The first-order valence-corrected chi connectivity index (χ1v) is 10.6. The quantitative estimate of drug-likeness (QED) is 0.559. The zero-order valence-electron chi connectivity index (χ0n) is 17.8. The molecule has 172 valence electrons. The highest BCUT2D eigenvalue weighted by Gasteiger charge is 2.48. The minimum Gasteiger partial charge on any atom is -0.300 e. The topological polar surface area (TPSA) is 64.4 Å². The van der Waals surface area contributed by atoms with Crippen molar-refractivity contribution in [3.05, 3.63) is 58.9 Å². The number of anilines is 2. The van der Waals surface area contributed by atoms with Gasteiger partial charge in [0.25, 0.3) is 0 Å². The van der Waals surface area contributed by atoms with Gasteiger partial charge in [-0.25, -0.2) is 9.18 Å². The van der Waals surface area contributed by atoms with Gasteiger partial charge in [-0.3, -0.25) is 14.6 Å². The Labute approximate surface area is 188 Å². The van der Waals surface area contributed by atoms with Crippen LogP contribution in [0.1, 0.15) is 49.3 Å². The van der Waals surface area contributed by atoms with Crippen molar-refractivity contribution in [3.63, 3.8) is 0 Å². The number of hydrogen-bond donors (Lipinski definition) is 0. The summed E-state index contributed by atoms with van der Waals surface area (Å²) >= 11 is 0. The van der Waals surface area contributed by atoms with Crippen molar-refractivity contribution in [1.29, 1.82) is 5.26 Å². The highest BCUT2D eigenvalue weighted by molar-refractivity contribution is 6.07. The molecule has 2 aromatic rings. The van der Waals surface area contributed by atoms with E-state index in [1.165, 1.54) is 34.9 Å². The van der Waals surface area contributed by atoms with Gasteiger partial charge >= 0.3 is 12.2 Å². The predicted octanol–water partition coefficient (Wildman–Crippen LogP) is 5.61. The first-order chi connectivity index (χ1) is 15.6. The third kappa shape index (κ3) is 4.17. The maximum atomic E-state index is 14.6. The number of nitriles is 1. The number of rotatable bonds is 4. The van der Waals surface area contributed by atoms with E-state index in [1.807, 2.05) is 0 Å². The van der Waals surface area contributed by atoms with E-state index in [-0.39, 0.29) is 35.5 Å². The van der Waals surface area contributed by atoms with Crippen LogP contribution in [0.25, 0.3) is 0 Å². The number of hydrogen-bond acceptors (Lipinski definition) is 3. The van der Waals surface area contributed by atoms with Crippen molar-refractivity contribution in [1.82, 2.24) is 0 Å². The number of urea groups is 1. The smallest absolute Gasteiger partial charge is 0.300 e. The minimum absolute atomic E-state index is 0.0550. The normalized spacial score (nSPS) is 20.5. The summed E-state index contributed by atoms with van der Waals surface area (Å²) in [6.07, 6.45) is -1.93. The van der Waals surface area contributed by atoms with Crippen LogP contribution < -0.4 is 9.80 Å². The van der Waals surface area contributed by atoms with E-state index in [1.54, 1.807) is 12.1 Å². The molecule has 9 heteroatoms. The Morgan fingerprint density at radius 1 is 1.06 bits per heavy atom. The van der Waals surface area contributed by atoms with Gasteiger partial charge < -0.3 is 0 Å². The molecule has 1 heterocycles. The Morgan fingerprint density at radius 3 is 2.15 bits per heavy atom. The van der Waals surface area contributed by atoms with Crippen LogP contribution in [0.2, 0.25) is 0 Å². The van der Waals surface area contributed by atoms with Gasteiger partial charge in [-0.15, -0.1) is 0 Å². The summed E-state index contributed by atoms with van der Waals surface area (Å²) in [4.78, 5) is 27.6. The predicted molar refractivity (Wildman–Crippen MR) is 113 cm³/mol. The van der Waals surface area contributed by atoms with Crippen molar-refractivity contribution < 1.29 is 27.2 Å². The van der Waals surface area contributed by atoms with Crippen LogP contribution in [0.4, 0.5) is 33.7 Å². The van der Waals surface area contributed by atoms with Crippen molar-refractivity contribution in [2.24, 2.45) is 0 Å². The van der Waals surface area contributed by atoms with E-state index in [9.17, 15) is 27.2 Å². The van der Waals surface area contributed by atoms with E-state index in [4.69, 9.17) is 5.26 Å². The molecule has 33 heavy (non-hydrogen) atoms. The summed E-state index contributed by atoms with van der Waals surface area (Å²) in [5, 5.41) is 9.08. The van der Waals surface area contributed by atoms with Crippen molar-refractivity contribution in [2.45, 2.75) is 57.3 Å². The number of alkyl halides is 3. The van der Waals surface area contributed by atoms with E-state index < -0.39 is 29.2 Å². The fourth-order valence-electron chi connectivity index (χ4n) is 4.81. The van der Waals surface area contributed by atoms with Crippen LogP contribution in [0, 0.1) is 17.1 Å². The Hall–Kier alpha value is -3.41. The lowest BCUT2D eigenvalue weighted by Crippen LogP contribution is -2.40. The van der Waals surface area contributed by atoms with E-state index in [0.717, 1.165) is 25.0 Å². The molecular weight excluding hydrogens is 438 g/mol. The van der Waals surface area contributed by atoms with Crippen LogP contribution in [-0.2, 0) is 17.4 Å². The molecular formula is C24H21F4N3O2. The Kier molecular flexibility index (Phi) is 5.87. The molecule has 2 aliphatic rings. The number of fused-ring (bicyclic) bond motifs is 1. The summed E-state index contributed by atoms with van der Waals surface area (Å²) in [6, 6.07) is 7.79. The molecule has 0 bridgehead atoms. The molecule has 2 amide bonds. The largest absolute Gasteiger partial charge is 0.417 e. The average molecular weight is 459 g/mol. The fraction of sp³-hybridized carbons (Fsp3) is 0.375. The third-order valence-electron chi connectivity index (χ3n) is 6.23. The van der Waals surface area contributed by atoms with Gasteiger partial charge in [-0.1, -0.05) is 18.9 Å². The molecule has 0 N–H and O–H groups in total. The minimum atomic E-state index is -4.74.